The summed E-state index contributed by atoms with van der Waals surface area (Å²) in [5.74, 6) is 0. The lowest BCUT2D eigenvalue weighted by molar-refractivity contribution is 0.0635. The molecule has 4 nitrogen and oxygen atoms in total. The first kappa shape index (κ1) is 14.5. The fraction of sp³-hybridized carbons (Fsp3) is 0.500. The average Bonchev–Trinajstić information content (AvgIpc) is 2.18. The first-order valence-electron chi connectivity index (χ1n) is 5.97. The van der Waals surface area contributed by atoms with E-state index in [1.54, 1.807) is 13.0 Å². The fourth-order valence-electron chi connectivity index (χ4n) is 1.45. The van der Waals surface area contributed by atoms with Gasteiger partial charge in [0.25, 0.3) is 0 Å². The third-order valence-electron chi connectivity index (χ3n) is 2.38. The van der Waals surface area contributed by atoms with E-state index in [1.165, 1.54) is 0 Å². The molecule has 0 radical (unpaired) electrons. The summed E-state index contributed by atoms with van der Waals surface area (Å²) in [4.78, 5) is 11.7. The van der Waals surface area contributed by atoms with E-state index in [0.29, 0.717) is 5.69 Å². The molecule has 4 heteroatoms. The normalized spacial score (nSPS) is 13.0. The predicted octanol–water partition coefficient (Wildman–Crippen LogP) is 3.40. The molecule has 0 aliphatic rings. The van der Waals surface area contributed by atoms with Gasteiger partial charge in [-0.25, -0.2) is 4.79 Å². The van der Waals surface area contributed by atoms with E-state index in [4.69, 9.17) is 4.74 Å². The van der Waals surface area contributed by atoms with Crippen LogP contribution in [0.15, 0.2) is 18.2 Å². The molecule has 0 fully saturated rings. The minimum absolute atomic E-state index is 0.492. The highest BCUT2D eigenvalue weighted by Gasteiger charge is 2.17. The summed E-state index contributed by atoms with van der Waals surface area (Å²) in [6.45, 7) is 9.00. The monoisotopic (exact) mass is 251 g/mol. The Balaban J connectivity index is 2.84. The lowest BCUT2D eigenvalue weighted by Crippen LogP contribution is -2.27. The zero-order chi connectivity index (χ0) is 13.9. The van der Waals surface area contributed by atoms with Crippen molar-refractivity contribution in [3.05, 3.63) is 29.3 Å². The number of amides is 1. The summed E-state index contributed by atoms with van der Waals surface area (Å²) < 4.78 is 5.18. The van der Waals surface area contributed by atoms with Crippen LogP contribution in [0.25, 0.3) is 0 Å². The minimum atomic E-state index is -0.565. The fourth-order valence-corrected chi connectivity index (χ4v) is 1.45. The molecule has 2 N–H and O–H groups in total. The average molecular weight is 251 g/mol. The Morgan fingerprint density at radius 1 is 1.39 bits per heavy atom. The van der Waals surface area contributed by atoms with Gasteiger partial charge in [-0.05, 0) is 51.8 Å². The largest absolute Gasteiger partial charge is 0.444 e. The summed E-state index contributed by atoms with van der Waals surface area (Å²) in [6.07, 6.45) is -1.06. The van der Waals surface area contributed by atoms with Crippen LogP contribution in [0.3, 0.4) is 0 Å². The van der Waals surface area contributed by atoms with Gasteiger partial charge < -0.3 is 9.84 Å². The van der Waals surface area contributed by atoms with Crippen molar-refractivity contribution >= 4 is 11.8 Å². The van der Waals surface area contributed by atoms with Crippen molar-refractivity contribution in [3.8, 4) is 0 Å². The number of nitrogens with one attached hydrogen (secondary N) is 1. The first-order chi connectivity index (χ1) is 8.19. The van der Waals surface area contributed by atoms with E-state index in [9.17, 15) is 9.90 Å². The quantitative estimate of drug-likeness (QED) is 0.847. The summed E-state index contributed by atoms with van der Waals surface area (Å²) in [6, 6.07) is 5.44. The van der Waals surface area contributed by atoms with Crippen LogP contribution in [0.2, 0.25) is 0 Å². The molecule has 0 spiro atoms. The maximum absolute atomic E-state index is 11.7. The van der Waals surface area contributed by atoms with E-state index in [-0.39, 0.29) is 0 Å². The molecular formula is C14H21NO3. The second kappa shape index (κ2) is 5.40. The van der Waals surface area contributed by atoms with Gasteiger partial charge in [0.2, 0.25) is 0 Å². The van der Waals surface area contributed by atoms with Crippen LogP contribution in [-0.2, 0) is 4.74 Å². The molecule has 100 valence electrons. The summed E-state index contributed by atoms with van der Waals surface area (Å²) in [5, 5.41) is 12.2. The van der Waals surface area contributed by atoms with Crippen molar-refractivity contribution in [1.29, 1.82) is 0 Å². The molecule has 0 saturated heterocycles. The minimum Gasteiger partial charge on any atom is -0.444 e. The summed E-state index contributed by atoms with van der Waals surface area (Å²) in [5.41, 5.74) is 1.81. The van der Waals surface area contributed by atoms with Crippen LogP contribution < -0.4 is 5.32 Å². The van der Waals surface area contributed by atoms with Gasteiger partial charge in [0.05, 0.1) is 6.10 Å². The van der Waals surface area contributed by atoms with E-state index in [0.717, 1.165) is 11.1 Å². The van der Waals surface area contributed by atoms with Crippen LogP contribution >= 0.6 is 0 Å². The number of hydrogen-bond donors (Lipinski definition) is 2. The number of ether oxygens (including phenoxy) is 1. The Morgan fingerprint density at radius 2 is 2.00 bits per heavy atom. The van der Waals surface area contributed by atoms with E-state index >= 15 is 0 Å². The number of carbonyl (C=O) groups is 1. The van der Waals surface area contributed by atoms with Gasteiger partial charge in [-0.15, -0.1) is 0 Å². The number of aryl methyl sites for hydroxylation is 1. The van der Waals surface area contributed by atoms with Crippen LogP contribution in [0.4, 0.5) is 10.5 Å². The van der Waals surface area contributed by atoms with Crippen LogP contribution in [0, 0.1) is 6.92 Å². The highest BCUT2D eigenvalue weighted by Crippen LogP contribution is 2.22. The zero-order valence-electron chi connectivity index (χ0n) is 11.6. The number of aliphatic hydroxyl groups is 1. The third kappa shape index (κ3) is 4.37. The smallest absolute Gasteiger partial charge is 0.412 e. The van der Waals surface area contributed by atoms with Crippen molar-refractivity contribution in [2.24, 2.45) is 0 Å². The van der Waals surface area contributed by atoms with Crippen molar-refractivity contribution in [1.82, 2.24) is 0 Å². The second-order valence-corrected chi connectivity index (χ2v) is 5.38. The van der Waals surface area contributed by atoms with Gasteiger partial charge in [-0.1, -0.05) is 12.1 Å². The number of rotatable bonds is 2. The zero-order valence-corrected chi connectivity index (χ0v) is 11.6. The van der Waals surface area contributed by atoms with Gasteiger partial charge >= 0.3 is 6.09 Å². The number of hydrogen-bond acceptors (Lipinski definition) is 3. The van der Waals surface area contributed by atoms with Gasteiger partial charge in [-0.2, -0.15) is 0 Å². The Labute approximate surface area is 108 Å². The van der Waals surface area contributed by atoms with Gasteiger partial charge in [0.1, 0.15) is 5.60 Å². The van der Waals surface area contributed by atoms with Gasteiger partial charge in [0, 0.05) is 5.69 Å². The molecule has 18 heavy (non-hydrogen) atoms. The lowest BCUT2D eigenvalue weighted by Gasteiger charge is -2.20. The molecule has 0 bridgehead atoms. The van der Waals surface area contributed by atoms with Gasteiger partial charge in [0.15, 0.2) is 0 Å². The molecule has 1 amide bonds. The van der Waals surface area contributed by atoms with Gasteiger partial charge in [-0.3, -0.25) is 5.32 Å². The van der Waals surface area contributed by atoms with Crippen LogP contribution in [0.1, 0.15) is 44.9 Å². The highest BCUT2D eigenvalue weighted by atomic mass is 16.6. The molecule has 0 heterocycles. The summed E-state index contributed by atoms with van der Waals surface area (Å²) in [7, 11) is 0. The van der Waals surface area contributed by atoms with Crippen molar-refractivity contribution in [2.45, 2.75) is 46.3 Å². The maximum atomic E-state index is 11.7. The lowest BCUT2D eigenvalue weighted by atomic mass is 10.1. The molecule has 0 aliphatic heterocycles. The molecule has 1 atom stereocenters. The van der Waals surface area contributed by atoms with E-state index < -0.39 is 17.8 Å². The summed E-state index contributed by atoms with van der Waals surface area (Å²) >= 11 is 0. The number of aliphatic hydroxyl groups excluding tert-OH is 1. The number of anilines is 1. The molecular weight excluding hydrogens is 230 g/mol. The third-order valence-corrected chi connectivity index (χ3v) is 2.38. The first-order valence-corrected chi connectivity index (χ1v) is 5.97. The molecule has 1 rings (SSSR count). The molecule has 1 aromatic rings. The molecule has 0 aromatic heterocycles. The SMILES string of the molecule is Cc1ccc([C@H](C)O)cc1NC(=O)OC(C)(C)C. The molecule has 0 aliphatic carbocycles. The Hall–Kier alpha value is -1.55. The highest BCUT2D eigenvalue weighted by molar-refractivity contribution is 5.86. The number of benzene rings is 1. The van der Waals surface area contributed by atoms with E-state index in [1.807, 2.05) is 39.8 Å². The van der Waals surface area contributed by atoms with Crippen LogP contribution in [0.5, 0.6) is 0 Å². The standard InChI is InChI=1S/C14H21NO3/c1-9-6-7-11(10(2)16)8-12(9)15-13(17)18-14(3,4)5/h6-8,10,16H,1-5H3,(H,15,17)/t10-/m0/s1. The molecule has 0 unspecified atom stereocenters. The molecule has 1 aromatic carbocycles. The van der Waals surface area contributed by atoms with Crippen molar-refractivity contribution < 1.29 is 14.6 Å². The Bertz CT molecular complexity index is 433. The Kier molecular flexibility index (Phi) is 4.35. The molecule has 0 saturated carbocycles. The van der Waals surface area contributed by atoms with Crippen molar-refractivity contribution in [3.63, 3.8) is 0 Å². The van der Waals surface area contributed by atoms with Crippen molar-refractivity contribution in [2.75, 3.05) is 5.32 Å². The predicted molar refractivity (Wildman–Crippen MR) is 71.7 cm³/mol. The topological polar surface area (TPSA) is 58.6 Å². The maximum Gasteiger partial charge on any atom is 0.412 e. The van der Waals surface area contributed by atoms with Crippen LogP contribution in [-0.4, -0.2) is 16.8 Å². The Morgan fingerprint density at radius 3 is 2.50 bits per heavy atom. The number of carbonyl (C=O) groups excluding carboxylic acids is 1. The van der Waals surface area contributed by atoms with E-state index in [2.05, 4.69) is 5.32 Å². The second-order valence-electron chi connectivity index (χ2n) is 5.38.